The third-order valence-electron chi connectivity index (χ3n) is 4.58. The zero-order chi connectivity index (χ0) is 14.0. The maximum Gasteiger partial charge on any atom is 0.127 e. The Kier molecular flexibility index (Phi) is 4.04. The van der Waals surface area contributed by atoms with E-state index in [1.54, 1.807) is 14.2 Å². The van der Waals surface area contributed by atoms with Gasteiger partial charge in [0, 0.05) is 0 Å². The van der Waals surface area contributed by atoms with Gasteiger partial charge in [-0.1, -0.05) is 19.9 Å². The van der Waals surface area contributed by atoms with Gasteiger partial charge in [-0.05, 0) is 43.2 Å². The summed E-state index contributed by atoms with van der Waals surface area (Å²) in [5, 5.41) is 0. The fourth-order valence-corrected chi connectivity index (χ4v) is 3.34. The van der Waals surface area contributed by atoms with Crippen molar-refractivity contribution < 1.29 is 9.47 Å². The molecule has 3 heteroatoms. The Morgan fingerprint density at radius 3 is 2.21 bits per heavy atom. The van der Waals surface area contributed by atoms with Crippen LogP contribution in [-0.4, -0.2) is 14.2 Å². The van der Waals surface area contributed by atoms with Crippen LogP contribution in [0.2, 0.25) is 0 Å². The van der Waals surface area contributed by atoms with Gasteiger partial charge in [-0.3, -0.25) is 0 Å². The molecule has 1 saturated carbocycles. The van der Waals surface area contributed by atoms with Crippen LogP contribution in [0, 0.1) is 11.8 Å². The maximum absolute atomic E-state index is 6.78. The fraction of sp³-hybridized carbons (Fsp3) is 0.625. The van der Waals surface area contributed by atoms with Crippen LogP contribution in [0.4, 0.5) is 0 Å². The highest BCUT2D eigenvalue weighted by atomic mass is 16.5. The van der Waals surface area contributed by atoms with Crippen molar-refractivity contribution in [3.63, 3.8) is 0 Å². The summed E-state index contributed by atoms with van der Waals surface area (Å²) < 4.78 is 11.0. The van der Waals surface area contributed by atoms with E-state index in [1.165, 1.54) is 0 Å². The molecule has 0 aromatic heterocycles. The minimum atomic E-state index is -0.357. The van der Waals surface area contributed by atoms with Gasteiger partial charge in [0.25, 0.3) is 0 Å². The highest BCUT2D eigenvalue weighted by Crippen LogP contribution is 2.48. The van der Waals surface area contributed by atoms with E-state index in [4.69, 9.17) is 15.2 Å². The van der Waals surface area contributed by atoms with Crippen LogP contribution in [0.1, 0.15) is 38.7 Å². The van der Waals surface area contributed by atoms with E-state index in [2.05, 4.69) is 13.8 Å². The number of benzene rings is 1. The molecule has 1 aromatic rings. The summed E-state index contributed by atoms with van der Waals surface area (Å²) in [5.41, 5.74) is 7.45. The Hall–Kier alpha value is -1.22. The summed E-state index contributed by atoms with van der Waals surface area (Å²) in [6, 6.07) is 5.88. The average molecular weight is 263 g/mol. The van der Waals surface area contributed by atoms with E-state index in [1.807, 2.05) is 18.2 Å². The summed E-state index contributed by atoms with van der Waals surface area (Å²) in [6.07, 6.45) is 3.28. The van der Waals surface area contributed by atoms with Crippen molar-refractivity contribution in [1.29, 1.82) is 0 Å². The van der Waals surface area contributed by atoms with Crippen molar-refractivity contribution in [2.45, 2.75) is 38.6 Å². The lowest BCUT2D eigenvalue weighted by Crippen LogP contribution is -2.47. The van der Waals surface area contributed by atoms with Crippen LogP contribution in [0.25, 0.3) is 0 Å². The van der Waals surface area contributed by atoms with Gasteiger partial charge in [-0.15, -0.1) is 0 Å². The molecule has 1 aliphatic carbocycles. The van der Waals surface area contributed by atoms with Gasteiger partial charge in [0.1, 0.15) is 11.5 Å². The van der Waals surface area contributed by atoms with Gasteiger partial charge in [-0.25, -0.2) is 0 Å². The van der Waals surface area contributed by atoms with Crippen LogP contribution in [-0.2, 0) is 5.54 Å². The Morgan fingerprint density at radius 2 is 1.74 bits per heavy atom. The standard InChI is InChI=1S/C16H25NO2/c1-11-8-9-16(17,12(2)10-11)15-13(18-3)6-5-7-14(15)19-4/h5-7,11-12H,8-10,17H2,1-4H3. The summed E-state index contributed by atoms with van der Waals surface area (Å²) in [6.45, 7) is 4.54. The minimum Gasteiger partial charge on any atom is -0.496 e. The Morgan fingerprint density at radius 1 is 1.16 bits per heavy atom. The summed E-state index contributed by atoms with van der Waals surface area (Å²) in [4.78, 5) is 0. The van der Waals surface area contributed by atoms with Crippen molar-refractivity contribution in [3.8, 4) is 11.5 Å². The lowest BCUT2D eigenvalue weighted by molar-refractivity contribution is 0.156. The quantitative estimate of drug-likeness (QED) is 0.910. The Bertz CT molecular complexity index is 424. The van der Waals surface area contributed by atoms with Crippen molar-refractivity contribution >= 4 is 0 Å². The molecule has 0 saturated heterocycles. The molecule has 1 aromatic carbocycles. The molecule has 3 nitrogen and oxygen atoms in total. The van der Waals surface area contributed by atoms with Crippen LogP contribution in [0.5, 0.6) is 11.5 Å². The molecule has 3 atom stereocenters. The van der Waals surface area contributed by atoms with E-state index >= 15 is 0 Å². The smallest absolute Gasteiger partial charge is 0.127 e. The van der Waals surface area contributed by atoms with Gasteiger partial charge in [-0.2, -0.15) is 0 Å². The fourth-order valence-electron chi connectivity index (χ4n) is 3.34. The molecule has 0 bridgehead atoms. The second-order valence-electron chi connectivity index (χ2n) is 5.86. The molecule has 2 N–H and O–H groups in total. The lowest BCUT2D eigenvalue weighted by Gasteiger charge is -2.43. The second-order valence-corrected chi connectivity index (χ2v) is 5.86. The molecule has 0 aliphatic heterocycles. The molecule has 3 unspecified atom stereocenters. The Balaban J connectivity index is 2.50. The number of nitrogens with two attached hydrogens (primary N) is 1. The molecular weight excluding hydrogens is 238 g/mol. The van der Waals surface area contributed by atoms with E-state index in [-0.39, 0.29) is 5.54 Å². The third-order valence-corrected chi connectivity index (χ3v) is 4.58. The lowest BCUT2D eigenvalue weighted by atomic mass is 9.67. The Labute approximate surface area is 116 Å². The number of rotatable bonds is 3. The second kappa shape index (κ2) is 5.41. The van der Waals surface area contributed by atoms with Gasteiger partial charge in [0.05, 0.1) is 25.3 Å². The molecule has 0 amide bonds. The number of methoxy groups -OCH3 is 2. The van der Waals surface area contributed by atoms with Gasteiger partial charge >= 0.3 is 0 Å². The molecule has 1 aliphatic rings. The van der Waals surface area contributed by atoms with Crippen LogP contribution < -0.4 is 15.2 Å². The highest BCUT2D eigenvalue weighted by Gasteiger charge is 2.42. The first kappa shape index (κ1) is 14.2. The van der Waals surface area contributed by atoms with Crippen LogP contribution in [0.15, 0.2) is 18.2 Å². The molecule has 1 fully saturated rings. The van der Waals surface area contributed by atoms with Crippen LogP contribution in [0.3, 0.4) is 0 Å². The minimum absolute atomic E-state index is 0.357. The first-order valence-electron chi connectivity index (χ1n) is 7.03. The van der Waals surface area contributed by atoms with Crippen molar-refractivity contribution in [1.82, 2.24) is 0 Å². The normalized spacial score (nSPS) is 31.0. The number of hydrogen-bond donors (Lipinski definition) is 1. The predicted octanol–water partition coefficient (Wildman–Crippen LogP) is 3.31. The third kappa shape index (κ3) is 2.44. The SMILES string of the molecule is COc1cccc(OC)c1C1(N)CCC(C)CC1C. The summed E-state index contributed by atoms with van der Waals surface area (Å²) in [7, 11) is 3.38. The first-order valence-corrected chi connectivity index (χ1v) is 7.03. The van der Waals surface area contributed by atoms with E-state index in [9.17, 15) is 0 Å². The maximum atomic E-state index is 6.78. The predicted molar refractivity (Wildman–Crippen MR) is 77.6 cm³/mol. The van der Waals surface area contributed by atoms with Crippen molar-refractivity contribution in [2.24, 2.45) is 17.6 Å². The molecule has 0 radical (unpaired) electrons. The van der Waals surface area contributed by atoms with Gasteiger partial charge < -0.3 is 15.2 Å². The van der Waals surface area contributed by atoms with E-state index in [0.717, 1.165) is 42.2 Å². The number of ether oxygens (including phenoxy) is 2. The molecule has 19 heavy (non-hydrogen) atoms. The highest BCUT2D eigenvalue weighted by molar-refractivity contribution is 5.50. The molecular formula is C16H25NO2. The molecule has 0 spiro atoms. The van der Waals surface area contributed by atoms with E-state index < -0.39 is 0 Å². The van der Waals surface area contributed by atoms with Crippen LogP contribution >= 0.6 is 0 Å². The molecule has 2 rings (SSSR count). The monoisotopic (exact) mass is 263 g/mol. The first-order chi connectivity index (χ1) is 9.02. The summed E-state index contributed by atoms with van der Waals surface area (Å²) >= 11 is 0. The van der Waals surface area contributed by atoms with Crippen molar-refractivity contribution in [3.05, 3.63) is 23.8 Å². The zero-order valence-electron chi connectivity index (χ0n) is 12.4. The van der Waals surface area contributed by atoms with Gasteiger partial charge in [0.15, 0.2) is 0 Å². The van der Waals surface area contributed by atoms with Gasteiger partial charge in [0.2, 0.25) is 0 Å². The number of hydrogen-bond acceptors (Lipinski definition) is 3. The largest absolute Gasteiger partial charge is 0.496 e. The zero-order valence-corrected chi connectivity index (χ0v) is 12.4. The average Bonchev–Trinajstić information content (AvgIpc) is 2.42. The topological polar surface area (TPSA) is 44.5 Å². The summed E-state index contributed by atoms with van der Waals surface area (Å²) in [5.74, 6) is 2.83. The van der Waals surface area contributed by atoms with Crippen molar-refractivity contribution in [2.75, 3.05) is 14.2 Å². The molecule has 0 heterocycles. The van der Waals surface area contributed by atoms with E-state index in [0.29, 0.717) is 5.92 Å². The molecule has 106 valence electrons.